The van der Waals surface area contributed by atoms with Crippen molar-refractivity contribution in [2.24, 2.45) is 4.99 Å². The highest BCUT2D eigenvalue weighted by Crippen LogP contribution is 2.15. The van der Waals surface area contributed by atoms with Crippen molar-refractivity contribution in [1.82, 2.24) is 10.6 Å². The average molecular weight is 370 g/mol. The molecule has 21 heavy (non-hydrogen) atoms. The van der Waals surface area contributed by atoms with Crippen molar-refractivity contribution in [2.45, 2.75) is 13.0 Å². The standard InChI is InChI=1S/C15H17BrFN3S/c1-18-15(20-10-13-3-2-8-21-13)19-7-6-11-9-12(16)4-5-14(11)17/h2-5,8-9H,6-7,10H2,1H3,(H2,18,19,20). The van der Waals surface area contributed by atoms with E-state index in [9.17, 15) is 4.39 Å². The molecule has 0 unspecified atom stereocenters. The first-order chi connectivity index (χ1) is 10.2. The van der Waals surface area contributed by atoms with E-state index in [0.717, 1.165) is 17.0 Å². The van der Waals surface area contributed by atoms with Gasteiger partial charge < -0.3 is 10.6 Å². The van der Waals surface area contributed by atoms with Gasteiger partial charge in [-0.05, 0) is 41.6 Å². The minimum Gasteiger partial charge on any atom is -0.356 e. The van der Waals surface area contributed by atoms with E-state index < -0.39 is 0 Å². The zero-order valence-corrected chi connectivity index (χ0v) is 14.1. The van der Waals surface area contributed by atoms with Crippen LogP contribution in [0.2, 0.25) is 0 Å². The van der Waals surface area contributed by atoms with E-state index >= 15 is 0 Å². The first-order valence-corrected chi connectivity index (χ1v) is 8.27. The van der Waals surface area contributed by atoms with Gasteiger partial charge in [0.2, 0.25) is 0 Å². The first kappa shape index (κ1) is 16.0. The minimum atomic E-state index is -0.179. The van der Waals surface area contributed by atoms with Gasteiger partial charge in [0.25, 0.3) is 0 Å². The molecule has 0 saturated carbocycles. The summed E-state index contributed by atoms with van der Waals surface area (Å²) < 4.78 is 14.5. The molecule has 2 rings (SSSR count). The van der Waals surface area contributed by atoms with E-state index in [2.05, 4.69) is 37.6 Å². The topological polar surface area (TPSA) is 36.4 Å². The van der Waals surface area contributed by atoms with Gasteiger partial charge in [0, 0.05) is 22.9 Å². The van der Waals surface area contributed by atoms with Crippen LogP contribution in [0.3, 0.4) is 0 Å². The number of nitrogens with one attached hydrogen (secondary N) is 2. The summed E-state index contributed by atoms with van der Waals surface area (Å²) in [5.74, 6) is 0.542. The van der Waals surface area contributed by atoms with Crippen LogP contribution in [0.4, 0.5) is 4.39 Å². The molecule has 1 aromatic carbocycles. The summed E-state index contributed by atoms with van der Waals surface area (Å²) >= 11 is 5.06. The smallest absolute Gasteiger partial charge is 0.191 e. The molecule has 0 spiro atoms. The van der Waals surface area contributed by atoms with Gasteiger partial charge >= 0.3 is 0 Å². The molecule has 1 heterocycles. The van der Waals surface area contributed by atoms with Gasteiger partial charge in [-0.15, -0.1) is 11.3 Å². The molecule has 0 bridgehead atoms. The van der Waals surface area contributed by atoms with Gasteiger partial charge in [0.15, 0.2) is 5.96 Å². The Balaban J connectivity index is 1.79. The summed E-state index contributed by atoms with van der Waals surface area (Å²) in [5.41, 5.74) is 0.686. The van der Waals surface area contributed by atoms with E-state index in [4.69, 9.17) is 0 Å². The predicted molar refractivity (Wildman–Crippen MR) is 90.3 cm³/mol. The fourth-order valence-corrected chi connectivity index (χ4v) is 2.91. The number of thiophene rings is 1. The van der Waals surface area contributed by atoms with E-state index in [1.165, 1.54) is 10.9 Å². The number of benzene rings is 1. The molecule has 0 aliphatic rings. The number of nitrogens with zero attached hydrogens (tertiary/aromatic N) is 1. The van der Waals surface area contributed by atoms with Gasteiger partial charge in [0.1, 0.15) is 5.82 Å². The zero-order chi connectivity index (χ0) is 15.1. The molecule has 0 radical (unpaired) electrons. The molecule has 2 aromatic rings. The maximum atomic E-state index is 13.6. The average Bonchev–Trinajstić information content (AvgIpc) is 2.99. The van der Waals surface area contributed by atoms with Crippen LogP contribution in [-0.4, -0.2) is 19.6 Å². The Bertz CT molecular complexity index is 599. The maximum Gasteiger partial charge on any atom is 0.191 e. The first-order valence-electron chi connectivity index (χ1n) is 6.60. The summed E-state index contributed by atoms with van der Waals surface area (Å²) in [5, 5.41) is 8.46. The van der Waals surface area contributed by atoms with Crippen LogP contribution in [0.5, 0.6) is 0 Å². The van der Waals surface area contributed by atoms with E-state index in [-0.39, 0.29) is 5.82 Å². The summed E-state index contributed by atoms with van der Waals surface area (Å²) in [6.45, 7) is 1.36. The van der Waals surface area contributed by atoms with E-state index in [0.29, 0.717) is 18.5 Å². The third kappa shape index (κ3) is 5.13. The van der Waals surface area contributed by atoms with Crippen LogP contribution in [-0.2, 0) is 13.0 Å². The Labute approximate surface area is 136 Å². The Morgan fingerprint density at radius 1 is 1.33 bits per heavy atom. The SMILES string of the molecule is CN=C(NCCc1cc(Br)ccc1F)NCc1cccs1. The van der Waals surface area contributed by atoms with Gasteiger partial charge in [-0.3, -0.25) is 4.99 Å². The number of hydrogen-bond acceptors (Lipinski definition) is 2. The number of rotatable bonds is 5. The second kappa shape index (κ2) is 8.14. The Kier molecular flexibility index (Phi) is 6.20. The quantitative estimate of drug-likeness (QED) is 0.624. The molecule has 2 N–H and O–H groups in total. The van der Waals surface area contributed by atoms with Crippen LogP contribution in [0.15, 0.2) is 45.2 Å². The van der Waals surface area contributed by atoms with Crippen LogP contribution in [0, 0.1) is 5.82 Å². The lowest BCUT2D eigenvalue weighted by molar-refractivity contribution is 0.606. The molecule has 6 heteroatoms. The highest BCUT2D eigenvalue weighted by atomic mass is 79.9. The molecule has 0 aliphatic carbocycles. The third-order valence-electron chi connectivity index (χ3n) is 2.93. The highest BCUT2D eigenvalue weighted by molar-refractivity contribution is 9.10. The highest BCUT2D eigenvalue weighted by Gasteiger charge is 2.04. The second-order valence-corrected chi connectivity index (χ2v) is 6.37. The molecule has 112 valence electrons. The number of halogens is 2. The third-order valence-corrected chi connectivity index (χ3v) is 4.30. The second-order valence-electron chi connectivity index (χ2n) is 4.42. The van der Waals surface area contributed by atoms with Crippen molar-refractivity contribution in [3.8, 4) is 0 Å². The lowest BCUT2D eigenvalue weighted by Gasteiger charge is -2.11. The summed E-state index contributed by atoms with van der Waals surface area (Å²) in [6.07, 6.45) is 0.602. The van der Waals surface area contributed by atoms with Crippen molar-refractivity contribution in [2.75, 3.05) is 13.6 Å². The largest absolute Gasteiger partial charge is 0.356 e. The number of hydrogen-bond donors (Lipinski definition) is 2. The fourth-order valence-electron chi connectivity index (χ4n) is 1.86. The van der Waals surface area contributed by atoms with E-state index in [1.54, 1.807) is 30.5 Å². The van der Waals surface area contributed by atoms with Gasteiger partial charge in [-0.25, -0.2) is 4.39 Å². The Hall–Kier alpha value is -1.40. The molecule has 3 nitrogen and oxygen atoms in total. The lowest BCUT2D eigenvalue weighted by Crippen LogP contribution is -2.37. The minimum absolute atomic E-state index is 0.179. The van der Waals surface area contributed by atoms with Gasteiger partial charge in [-0.2, -0.15) is 0 Å². The molecular formula is C15H17BrFN3S. The van der Waals surface area contributed by atoms with Crippen molar-refractivity contribution < 1.29 is 4.39 Å². The molecule has 0 saturated heterocycles. The predicted octanol–water partition coefficient (Wildman–Crippen LogP) is 3.56. The van der Waals surface area contributed by atoms with Crippen LogP contribution >= 0.6 is 27.3 Å². The molecule has 0 fully saturated rings. The van der Waals surface area contributed by atoms with Crippen molar-refractivity contribution in [1.29, 1.82) is 0 Å². The van der Waals surface area contributed by atoms with E-state index in [1.807, 2.05) is 11.4 Å². The molecular weight excluding hydrogens is 353 g/mol. The summed E-state index contributed by atoms with van der Waals surface area (Å²) in [4.78, 5) is 5.40. The molecule has 0 atom stereocenters. The van der Waals surface area contributed by atoms with Gasteiger partial charge in [-0.1, -0.05) is 22.0 Å². The van der Waals surface area contributed by atoms with Crippen LogP contribution < -0.4 is 10.6 Å². The lowest BCUT2D eigenvalue weighted by atomic mass is 10.1. The summed E-state index contributed by atoms with van der Waals surface area (Å²) in [7, 11) is 1.73. The number of aliphatic imine (C=N–C) groups is 1. The molecule has 0 amide bonds. The van der Waals surface area contributed by atoms with Crippen molar-refractivity contribution >= 4 is 33.2 Å². The maximum absolute atomic E-state index is 13.6. The summed E-state index contributed by atoms with van der Waals surface area (Å²) in [6, 6.07) is 9.08. The van der Waals surface area contributed by atoms with Crippen molar-refractivity contribution in [3.05, 3.63) is 56.4 Å². The van der Waals surface area contributed by atoms with Crippen LogP contribution in [0.25, 0.3) is 0 Å². The monoisotopic (exact) mass is 369 g/mol. The molecule has 1 aromatic heterocycles. The van der Waals surface area contributed by atoms with Crippen molar-refractivity contribution in [3.63, 3.8) is 0 Å². The normalized spacial score (nSPS) is 11.5. The Morgan fingerprint density at radius 3 is 2.90 bits per heavy atom. The molecule has 0 aliphatic heterocycles. The Morgan fingerprint density at radius 2 is 2.19 bits per heavy atom. The van der Waals surface area contributed by atoms with Gasteiger partial charge in [0.05, 0.1) is 6.54 Å². The fraction of sp³-hybridized carbons (Fsp3) is 0.267. The zero-order valence-electron chi connectivity index (χ0n) is 11.7. The number of guanidine groups is 1. The van der Waals surface area contributed by atoms with Crippen LogP contribution in [0.1, 0.15) is 10.4 Å².